The van der Waals surface area contributed by atoms with Crippen molar-refractivity contribution in [3.05, 3.63) is 82.2 Å². The lowest BCUT2D eigenvalue weighted by atomic mass is 9.99. The van der Waals surface area contributed by atoms with Gasteiger partial charge in [0.1, 0.15) is 11.3 Å². The third-order valence-corrected chi connectivity index (χ3v) is 4.03. The molecule has 0 saturated carbocycles. The molecular formula is C20H17NO4. The number of aromatic hydroxyl groups is 1. The SMILES string of the molecule is C=CC(=O)Nc1cccc(Cc2c(C)c3ccc(O)cc3oc2=O)c1. The number of carbonyl (C=O) groups excluding carboxylic acids is 1. The summed E-state index contributed by atoms with van der Waals surface area (Å²) in [6, 6.07) is 12.0. The molecule has 1 amide bonds. The van der Waals surface area contributed by atoms with Gasteiger partial charge in [-0.25, -0.2) is 4.79 Å². The molecule has 1 heterocycles. The van der Waals surface area contributed by atoms with Crippen LogP contribution in [0, 0.1) is 6.92 Å². The minimum absolute atomic E-state index is 0.0495. The molecule has 0 unspecified atom stereocenters. The van der Waals surface area contributed by atoms with Gasteiger partial charge >= 0.3 is 5.63 Å². The molecule has 0 bridgehead atoms. The largest absolute Gasteiger partial charge is 0.508 e. The summed E-state index contributed by atoms with van der Waals surface area (Å²) in [5, 5.41) is 13.0. The number of phenolic OH excluding ortho intramolecular Hbond substituents is 1. The maximum absolute atomic E-state index is 12.3. The Morgan fingerprint density at radius 1 is 1.28 bits per heavy atom. The summed E-state index contributed by atoms with van der Waals surface area (Å²) >= 11 is 0. The van der Waals surface area contributed by atoms with Crippen molar-refractivity contribution in [2.45, 2.75) is 13.3 Å². The van der Waals surface area contributed by atoms with Crippen molar-refractivity contribution in [1.82, 2.24) is 0 Å². The van der Waals surface area contributed by atoms with E-state index in [4.69, 9.17) is 4.42 Å². The number of hydrogen-bond acceptors (Lipinski definition) is 4. The Labute approximate surface area is 144 Å². The average Bonchev–Trinajstić information content (AvgIpc) is 2.58. The standard InChI is InChI=1S/C20H17NO4/c1-3-19(23)21-14-6-4-5-13(9-14)10-17-12(2)16-8-7-15(22)11-18(16)25-20(17)24/h3-9,11,22H,1,10H2,2H3,(H,21,23). The van der Waals surface area contributed by atoms with E-state index >= 15 is 0 Å². The number of rotatable bonds is 4. The lowest BCUT2D eigenvalue weighted by Crippen LogP contribution is -2.11. The molecule has 3 aromatic rings. The van der Waals surface area contributed by atoms with Gasteiger partial charge in [-0.15, -0.1) is 0 Å². The molecule has 0 aliphatic heterocycles. The maximum atomic E-state index is 12.3. The summed E-state index contributed by atoms with van der Waals surface area (Å²) in [7, 11) is 0. The number of anilines is 1. The van der Waals surface area contributed by atoms with Crippen molar-refractivity contribution >= 4 is 22.6 Å². The lowest BCUT2D eigenvalue weighted by molar-refractivity contribution is -0.111. The number of hydrogen-bond donors (Lipinski definition) is 2. The average molecular weight is 335 g/mol. The molecule has 0 fully saturated rings. The molecule has 0 saturated heterocycles. The summed E-state index contributed by atoms with van der Waals surface area (Å²) < 4.78 is 5.34. The highest BCUT2D eigenvalue weighted by Crippen LogP contribution is 2.25. The summed E-state index contributed by atoms with van der Waals surface area (Å²) in [4.78, 5) is 23.8. The first-order chi connectivity index (χ1) is 12.0. The fraction of sp³-hybridized carbons (Fsp3) is 0.100. The summed E-state index contributed by atoms with van der Waals surface area (Å²) in [5.74, 6) is -0.244. The van der Waals surface area contributed by atoms with Crippen LogP contribution in [0.15, 0.2) is 64.3 Å². The highest BCUT2D eigenvalue weighted by molar-refractivity contribution is 5.98. The molecule has 2 aromatic carbocycles. The molecule has 0 aliphatic rings. The third kappa shape index (κ3) is 3.45. The number of phenols is 1. The predicted octanol–water partition coefficient (Wildman–Crippen LogP) is 3.52. The van der Waals surface area contributed by atoms with Crippen molar-refractivity contribution in [2.75, 3.05) is 5.32 Å². The highest BCUT2D eigenvalue weighted by atomic mass is 16.4. The smallest absolute Gasteiger partial charge is 0.340 e. The van der Waals surface area contributed by atoms with E-state index in [1.165, 1.54) is 12.1 Å². The first-order valence-corrected chi connectivity index (χ1v) is 7.75. The molecule has 5 heteroatoms. The van der Waals surface area contributed by atoms with Crippen LogP contribution >= 0.6 is 0 Å². The second kappa shape index (κ2) is 6.65. The molecule has 25 heavy (non-hydrogen) atoms. The Hall–Kier alpha value is -3.34. The lowest BCUT2D eigenvalue weighted by Gasteiger charge is -2.09. The van der Waals surface area contributed by atoms with E-state index in [9.17, 15) is 14.7 Å². The Balaban J connectivity index is 1.99. The monoisotopic (exact) mass is 335 g/mol. The number of nitrogens with one attached hydrogen (secondary N) is 1. The van der Waals surface area contributed by atoms with Crippen molar-refractivity contribution in [3.63, 3.8) is 0 Å². The zero-order valence-electron chi connectivity index (χ0n) is 13.7. The first-order valence-electron chi connectivity index (χ1n) is 7.75. The van der Waals surface area contributed by atoms with Gasteiger partial charge in [-0.05, 0) is 48.4 Å². The molecule has 0 radical (unpaired) electrons. The van der Waals surface area contributed by atoms with Gasteiger partial charge in [0.05, 0.1) is 0 Å². The van der Waals surface area contributed by atoms with E-state index in [-0.39, 0.29) is 11.7 Å². The Morgan fingerprint density at radius 3 is 2.84 bits per heavy atom. The summed E-state index contributed by atoms with van der Waals surface area (Å²) in [5.41, 5.74) is 2.79. The highest BCUT2D eigenvalue weighted by Gasteiger charge is 2.13. The molecular weight excluding hydrogens is 318 g/mol. The molecule has 0 spiro atoms. The number of amides is 1. The van der Waals surface area contributed by atoms with Gasteiger partial charge in [0.15, 0.2) is 0 Å². The molecule has 5 nitrogen and oxygen atoms in total. The van der Waals surface area contributed by atoms with Crippen LogP contribution in [-0.2, 0) is 11.2 Å². The van der Waals surface area contributed by atoms with Gasteiger partial charge in [0.25, 0.3) is 0 Å². The number of carbonyl (C=O) groups is 1. The minimum atomic E-state index is -0.434. The van der Waals surface area contributed by atoms with Crippen LogP contribution in [-0.4, -0.2) is 11.0 Å². The fourth-order valence-electron chi connectivity index (χ4n) is 2.74. The van der Waals surface area contributed by atoms with Crippen LogP contribution in [0.1, 0.15) is 16.7 Å². The predicted molar refractivity (Wildman–Crippen MR) is 97.0 cm³/mol. The number of fused-ring (bicyclic) bond motifs is 1. The van der Waals surface area contributed by atoms with E-state index in [2.05, 4.69) is 11.9 Å². The molecule has 2 N–H and O–H groups in total. The quantitative estimate of drug-likeness (QED) is 0.565. The maximum Gasteiger partial charge on any atom is 0.340 e. The van der Waals surface area contributed by atoms with Crippen LogP contribution < -0.4 is 10.9 Å². The van der Waals surface area contributed by atoms with Gasteiger partial charge < -0.3 is 14.8 Å². The molecule has 0 atom stereocenters. The van der Waals surface area contributed by atoms with E-state index in [1.807, 2.05) is 19.1 Å². The molecule has 3 rings (SSSR count). The van der Waals surface area contributed by atoms with Gasteiger partial charge in [-0.1, -0.05) is 18.7 Å². The van der Waals surface area contributed by atoms with Gasteiger partial charge in [0.2, 0.25) is 5.91 Å². The van der Waals surface area contributed by atoms with E-state index < -0.39 is 5.63 Å². The Morgan fingerprint density at radius 2 is 2.08 bits per heavy atom. The Bertz CT molecular complexity index is 1030. The van der Waals surface area contributed by atoms with Gasteiger partial charge in [-0.2, -0.15) is 0 Å². The van der Waals surface area contributed by atoms with Crippen LogP contribution in [0.25, 0.3) is 11.0 Å². The van der Waals surface area contributed by atoms with Crippen LogP contribution in [0.4, 0.5) is 5.69 Å². The fourth-order valence-corrected chi connectivity index (χ4v) is 2.74. The topological polar surface area (TPSA) is 79.5 Å². The van der Waals surface area contributed by atoms with Gasteiger partial charge in [-0.3, -0.25) is 4.79 Å². The Kier molecular flexibility index (Phi) is 4.39. The van der Waals surface area contributed by atoms with Crippen LogP contribution in [0.5, 0.6) is 5.75 Å². The first kappa shape index (κ1) is 16.5. The molecule has 0 aliphatic carbocycles. The van der Waals surface area contributed by atoms with Crippen molar-refractivity contribution in [1.29, 1.82) is 0 Å². The van der Waals surface area contributed by atoms with Crippen molar-refractivity contribution < 1.29 is 14.3 Å². The third-order valence-electron chi connectivity index (χ3n) is 4.03. The molecule has 1 aromatic heterocycles. The van der Waals surface area contributed by atoms with E-state index in [0.717, 1.165) is 16.5 Å². The van der Waals surface area contributed by atoms with E-state index in [1.54, 1.807) is 24.3 Å². The summed E-state index contributed by atoms with van der Waals surface area (Å²) in [6.07, 6.45) is 1.58. The van der Waals surface area contributed by atoms with Crippen LogP contribution in [0.3, 0.4) is 0 Å². The second-order valence-electron chi connectivity index (χ2n) is 5.74. The van der Waals surface area contributed by atoms with Crippen molar-refractivity contribution in [3.8, 4) is 5.75 Å². The zero-order valence-corrected chi connectivity index (χ0v) is 13.7. The van der Waals surface area contributed by atoms with Crippen molar-refractivity contribution in [2.24, 2.45) is 0 Å². The van der Waals surface area contributed by atoms with Gasteiger partial charge in [0, 0.05) is 29.1 Å². The minimum Gasteiger partial charge on any atom is -0.508 e. The van der Waals surface area contributed by atoms with E-state index in [0.29, 0.717) is 23.3 Å². The molecule has 126 valence electrons. The zero-order chi connectivity index (χ0) is 18.0. The normalized spacial score (nSPS) is 10.6. The summed E-state index contributed by atoms with van der Waals surface area (Å²) in [6.45, 7) is 5.28. The number of benzene rings is 2. The van der Waals surface area contributed by atoms with Crippen LogP contribution in [0.2, 0.25) is 0 Å². The number of aryl methyl sites for hydroxylation is 1. The second-order valence-corrected chi connectivity index (χ2v) is 5.74.